The number of carbonyl (C=O) groups is 3. The normalized spacial score (nSPS) is 13.6. The van der Waals surface area contributed by atoms with Crippen molar-refractivity contribution in [1.29, 1.82) is 0 Å². The van der Waals surface area contributed by atoms with Gasteiger partial charge in [0, 0.05) is 19.3 Å². The first-order chi connectivity index (χ1) is 36.0. The zero-order valence-electron chi connectivity index (χ0n) is 45.8. The van der Waals surface area contributed by atoms with Crippen molar-refractivity contribution in [3.63, 3.8) is 0 Å². The third-order valence-electron chi connectivity index (χ3n) is 10.6. The van der Waals surface area contributed by atoms with Crippen LogP contribution in [0.1, 0.15) is 188 Å². The summed E-state index contributed by atoms with van der Waals surface area (Å²) in [4.78, 5) is 38.1. The molecule has 0 aromatic carbocycles. The third kappa shape index (κ3) is 57.0. The molecule has 0 rings (SSSR count). The molecule has 0 N–H and O–H groups in total. The Morgan fingerprint density at radius 2 is 0.534 bits per heavy atom. The van der Waals surface area contributed by atoms with E-state index in [-0.39, 0.29) is 38.4 Å². The highest BCUT2D eigenvalue weighted by atomic mass is 16.6. The average molecular weight is 1000 g/mol. The Kier molecular flexibility index (Phi) is 54.2. The van der Waals surface area contributed by atoms with E-state index in [0.29, 0.717) is 19.3 Å². The van der Waals surface area contributed by atoms with Crippen molar-refractivity contribution >= 4 is 17.9 Å². The van der Waals surface area contributed by atoms with Crippen LogP contribution in [0.3, 0.4) is 0 Å². The van der Waals surface area contributed by atoms with Crippen LogP contribution >= 0.6 is 0 Å². The van der Waals surface area contributed by atoms with E-state index in [1.54, 1.807) is 0 Å². The van der Waals surface area contributed by atoms with Gasteiger partial charge in [-0.05, 0) is 141 Å². The van der Waals surface area contributed by atoms with Crippen LogP contribution in [0.15, 0.2) is 194 Å². The lowest BCUT2D eigenvalue weighted by Crippen LogP contribution is -2.30. The van der Waals surface area contributed by atoms with E-state index in [0.717, 1.165) is 128 Å². The highest BCUT2D eigenvalue weighted by molar-refractivity contribution is 5.71. The molecule has 402 valence electrons. The maximum absolute atomic E-state index is 12.8. The Balaban J connectivity index is 4.70. The molecule has 1 atom stereocenters. The number of carbonyl (C=O) groups excluding carboxylic acids is 3. The fraction of sp³-hybridized carbons (Fsp3) is 0.478. The molecule has 6 nitrogen and oxygen atoms in total. The minimum atomic E-state index is -0.865. The van der Waals surface area contributed by atoms with Crippen LogP contribution in [0, 0.1) is 0 Å². The smallest absolute Gasteiger partial charge is 0.306 e. The fourth-order valence-electron chi connectivity index (χ4n) is 6.53. The van der Waals surface area contributed by atoms with E-state index < -0.39 is 18.0 Å². The number of unbranched alkanes of at least 4 members (excludes halogenated alkanes) is 4. The first-order valence-corrected chi connectivity index (χ1v) is 27.9. The molecule has 0 aliphatic rings. The molecule has 0 aromatic rings. The summed E-state index contributed by atoms with van der Waals surface area (Å²) < 4.78 is 16.7. The number of allylic oxidation sites excluding steroid dienone is 32. The number of hydrogen-bond acceptors (Lipinski definition) is 6. The second-order valence-corrected chi connectivity index (χ2v) is 17.3. The van der Waals surface area contributed by atoms with Gasteiger partial charge in [0.25, 0.3) is 0 Å². The first-order valence-electron chi connectivity index (χ1n) is 27.9. The lowest BCUT2D eigenvalue weighted by atomic mass is 10.1. The molecule has 0 bridgehead atoms. The van der Waals surface area contributed by atoms with Crippen LogP contribution in [0.4, 0.5) is 0 Å². The molecule has 6 heteroatoms. The molecule has 0 aromatic heterocycles. The Morgan fingerprint density at radius 1 is 0.274 bits per heavy atom. The summed E-state index contributed by atoms with van der Waals surface area (Å²) >= 11 is 0. The van der Waals surface area contributed by atoms with Crippen LogP contribution in [0.5, 0.6) is 0 Å². The van der Waals surface area contributed by atoms with Gasteiger partial charge >= 0.3 is 17.9 Å². The number of hydrogen-bond donors (Lipinski definition) is 0. The predicted molar refractivity (Wildman–Crippen MR) is 315 cm³/mol. The van der Waals surface area contributed by atoms with E-state index >= 15 is 0 Å². The van der Waals surface area contributed by atoms with Gasteiger partial charge in [-0.15, -0.1) is 0 Å². The van der Waals surface area contributed by atoms with Crippen LogP contribution in [-0.4, -0.2) is 37.2 Å². The molecule has 0 saturated carbocycles. The molecule has 0 unspecified atom stereocenters. The van der Waals surface area contributed by atoms with E-state index in [1.165, 1.54) is 0 Å². The summed E-state index contributed by atoms with van der Waals surface area (Å²) in [7, 11) is 0. The fourth-order valence-corrected chi connectivity index (χ4v) is 6.53. The Morgan fingerprint density at radius 3 is 0.863 bits per heavy atom. The molecule has 0 heterocycles. The standard InChI is InChI=1S/C67H98O6/c1-4-7-10-13-16-19-22-25-28-31-33-36-38-41-44-47-50-53-56-59-65(68)71-62-64(73-67(70)61-58-55-52-49-46-43-40-35-30-27-24-21-18-15-12-9-6-3)63-72-66(69)60-57-54-51-48-45-42-39-37-34-32-29-26-23-20-17-14-11-8-5-2/h7-12,16-21,25-30,33-34,36-37,40-45,49-50,52-53,64H,4-6,13-15,22-24,31-32,35,38-39,46-48,51,54-63H2,1-3H3/t64-/m0/s1. The molecule has 0 aliphatic carbocycles. The van der Waals surface area contributed by atoms with E-state index in [4.69, 9.17) is 14.2 Å². The summed E-state index contributed by atoms with van der Waals surface area (Å²) in [6.07, 6.45) is 90.0. The molecule has 0 saturated heterocycles. The predicted octanol–water partition coefficient (Wildman–Crippen LogP) is 19.1. The molecule has 0 spiro atoms. The SMILES string of the molecule is CCC=CCC=CCC=CCC=CCC=CCC=CCCC(=O)OC[C@@H](COC(=O)CCCCCC=CCC=CCC=CCC=CCC=CCC)OC(=O)CCCC=CCC=CCC=CCC=CCC=CCC. The lowest BCUT2D eigenvalue weighted by molar-refractivity contribution is -0.166. The number of esters is 3. The topological polar surface area (TPSA) is 78.9 Å². The van der Waals surface area contributed by atoms with Gasteiger partial charge in [-0.2, -0.15) is 0 Å². The maximum Gasteiger partial charge on any atom is 0.306 e. The van der Waals surface area contributed by atoms with Gasteiger partial charge < -0.3 is 14.2 Å². The van der Waals surface area contributed by atoms with E-state index in [1.807, 2.05) is 12.2 Å². The second-order valence-electron chi connectivity index (χ2n) is 17.3. The minimum Gasteiger partial charge on any atom is -0.462 e. The Labute approximate surface area is 446 Å². The zero-order valence-corrected chi connectivity index (χ0v) is 45.8. The van der Waals surface area contributed by atoms with Crippen molar-refractivity contribution in [3.8, 4) is 0 Å². The molecule has 0 aliphatic heterocycles. The van der Waals surface area contributed by atoms with Gasteiger partial charge in [0.2, 0.25) is 0 Å². The van der Waals surface area contributed by atoms with Gasteiger partial charge in [-0.3, -0.25) is 14.4 Å². The van der Waals surface area contributed by atoms with Crippen molar-refractivity contribution in [1.82, 2.24) is 0 Å². The lowest BCUT2D eigenvalue weighted by Gasteiger charge is -2.18. The molecule has 0 fully saturated rings. The molecule has 0 amide bonds. The van der Waals surface area contributed by atoms with Gasteiger partial charge in [-0.1, -0.05) is 222 Å². The first kappa shape index (κ1) is 67.2. The zero-order chi connectivity index (χ0) is 52.9. The Bertz CT molecular complexity index is 1810. The average Bonchev–Trinajstić information content (AvgIpc) is 3.39. The highest BCUT2D eigenvalue weighted by Gasteiger charge is 2.19. The van der Waals surface area contributed by atoms with Gasteiger partial charge in [0.1, 0.15) is 13.2 Å². The number of ether oxygens (including phenoxy) is 3. The van der Waals surface area contributed by atoms with Gasteiger partial charge in [0.05, 0.1) is 0 Å². The molecular formula is C67H98O6. The van der Waals surface area contributed by atoms with Crippen LogP contribution in [0.25, 0.3) is 0 Å². The largest absolute Gasteiger partial charge is 0.462 e. The summed E-state index contributed by atoms with van der Waals surface area (Å²) in [6.45, 7) is 6.12. The van der Waals surface area contributed by atoms with Gasteiger partial charge in [0.15, 0.2) is 6.10 Å². The second kappa shape index (κ2) is 58.8. The highest BCUT2D eigenvalue weighted by Crippen LogP contribution is 2.09. The molecular weight excluding hydrogens is 901 g/mol. The van der Waals surface area contributed by atoms with Crippen molar-refractivity contribution in [2.24, 2.45) is 0 Å². The summed E-state index contributed by atoms with van der Waals surface area (Å²) in [5.74, 6) is -1.14. The van der Waals surface area contributed by atoms with Crippen molar-refractivity contribution in [2.45, 2.75) is 194 Å². The maximum atomic E-state index is 12.8. The van der Waals surface area contributed by atoms with Crippen molar-refractivity contribution < 1.29 is 28.6 Å². The van der Waals surface area contributed by atoms with E-state index in [2.05, 4.69) is 203 Å². The van der Waals surface area contributed by atoms with Crippen LogP contribution < -0.4 is 0 Å². The quantitative estimate of drug-likeness (QED) is 0.0262. The van der Waals surface area contributed by atoms with Gasteiger partial charge in [-0.25, -0.2) is 0 Å². The van der Waals surface area contributed by atoms with Crippen molar-refractivity contribution in [2.75, 3.05) is 13.2 Å². The monoisotopic (exact) mass is 999 g/mol. The number of rotatable bonds is 47. The molecule has 73 heavy (non-hydrogen) atoms. The third-order valence-corrected chi connectivity index (χ3v) is 10.6. The summed E-state index contributed by atoms with van der Waals surface area (Å²) in [5, 5.41) is 0. The Hall–Kier alpha value is -5.75. The van der Waals surface area contributed by atoms with Crippen LogP contribution in [-0.2, 0) is 28.6 Å². The van der Waals surface area contributed by atoms with Crippen molar-refractivity contribution in [3.05, 3.63) is 194 Å². The van der Waals surface area contributed by atoms with E-state index in [9.17, 15) is 14.4 Å². The minimum absolute atomic E-state index is 0.153. The molecule has 0 radical (unpaired) electrons. The summed E-state index contributed by atoms with van der Waals surface area (Å²) in [5.41, 5.74) is 0. The van der Waals surface area contributed by atoms with Crippen LogP contribution in [0.2, 0.25) is 0 Å². The summed E-state index contributed by atoms with van der Waals surface area (Å²) in [6, 6.07) is 0.